The first-order valence-electron chi connectivity index (χ1n) is 12.4. The Morgan fingerprint density at radius 3 is 2.52 bits per heavy atom. The number of thiazole rings is 1. The van der Waals surface area contributed by atoms with E-state index in [1.54, 1.807) is 29.0 Å². The van der Waals surface area contributed by atoms with E-state index in [-0.39, 0.29) is 27.7 Å². The minimum atomic E-state index is -4.74. The first-order chi connectivity index (χ1) is 18.9. The van der Waals surface area contributed by atoms with E-state index in [1.807, 2.05) is 0 Å². The summed E-state index contributed by atoms with van der Waals surface area (Å²) >= 11 is 1.14. The number of nitrogens with zero attached hydrogens (tertiary/aromatic N) is 2. The quantitative estimate of drug-likeness (QED) is 0.231. The normalized spacial score (nSPS) is 15.2. The van der Waals surface area contributed by atoms with Crippen LogP contribution in [-0.4, -0.2) is 46.7 Å². The molecule has 5 rings (SSSR count). The Bertz CT molecular complexity index is 1720. The van der Waals surface area contributed by atoms with Crippen molar-refractivity contribution in [1.82, 2.24) is 30.2 Å². The number of H-pyrrole nitrogens is 2. The summed E-state index contributed by atoms with van der Waals surface area (Å²) < 4.78 is 67.0. The zero-order valence-corrected chi connectivity index (χ0v) is 22.8. The van der Waals surface area contributed by atoms with Crippen molar-refractivity contribution in [2.24, 2.45) is 5.92 Å². The largest absolute Gasteiger partial charge is 0.404 e. The molecule has 10 nitrogen and oxygen atoms in total. The van der Waals surface area contributed by atoms with Crippen LogP contribution < -0.4 is 15.7 Å². The molecule has 212 valence electrons. The number of aromatic nitrogens is 4. The van der Waals surface area contributed by atoms with Gasteiger partial charge < -0.3 is 5.32 Å². The summed E-state index contributed by atoms with van der Waals surface area (Å²) in [6.07, 6.45) is -0.938. The highest BCUT2D eigenvalue weighted by Gasteiger charge is 2.39. The lowest BCUT2D eigenvalue weighted by Gasteiger charge is -2.24. The monoisotopic (exact) mass is 594 g/mol. The zero-order chi connectivity index (χ0) is 28.7. The second kappa shape index (κ2) is 10.8. The van der Waals surface area contributed by atoms with Gasteiger partial charge in [0, 0.05) is 10.9 Å². The summed E-state index contributed by atoms with van der Waals surface area (Å²) in [6.45, 7) is 0.720. The molecule has 15 heteroatoms. The molecule has 1 aliphatic carbocycles. The molecule has 40 heavy (non-hydrogen) atoms. The number of amides is 1. The van der Waals surface area contributed by atoms with Crippen molar-refractivity contribution in [3.63, 3.8) is 0 Å². The smallest absolute Gasteiger partial charge is 0.343 e. The topological polar surface area (TPSA) is 150 Å². The Labute approximate surface area is 230 Å². The Morgan fingerprint density at radius 2 is 1.90 bits per heavy atom. The summed E-state index contributed by atoms with van der Waals surface area (Å²) in [7, 11) is -4.51. The summed E-state index contributed by atoms with van der Waals surface area (Å²) in [4.78, 5) is 31.7. The third-order valence-electron chi connectivity index (χ3n) is 6.81. The molecule has 0 aliphatic heterocycles. The van der Waals surface area contributed by atoms with E-state index in [0.29, 0.717) is 33.9 Å². The third kappa shape index (κ3) is 5.81. The second-order valence-electron chi connectivity index (χ2n) is 9.64. The van der Waals surface area contributed by atoms with Gasteiger partial charge in [-0.15, -0.1) is 11.3 Å². The van der Waals surface area contributed by atoms with Crippen molar-refractivity contribution in [2.45, 2.75) is 56.3 Å². The summed E-state index contributed by atoms with van der Waals surface area (Å²) in [5, 5.41) is 9.60. The van der Waals surface area contributed by atoms with E-state index in [9.17, 15) is 31.2 Å². The third-order valence-corrected chi connectivity index (χ3v) is 9.53. The Balaban J connectivity index is 1.53. The number of benzene rings is 2. The van der Waals surface area contributed by atoms with Crippen LogP contribution in [0.1, 0.15) is 47.5 Å². The highest BCUT2D eigenvalue weighted by molar-refractivity contribution is 7.89. The van der Waals surface area contributed by atoms with E-state index < -0.39 is 33.8 Å². The number of fused-ring (bicyclic) bond motifs is 1. The Morgan fingerprint density at radius 1 is 1.18 bits per heavy atom. The number of rotatable bonds is 9. The lowest BCUT2D eigenvalue weighted by molar-refractivity contribution is -0.147. The van der Waals surface area contributed by atoms with Gasteiger partial charge in [-0.3, -0.25) is 9.78 Å². The van der Waals surface area contributed by atoms with Crippen LogP contribution in [0.15, 0.2) is 46.1 Å². The predicted molar refractivity (Wildman–Crippen MR) is 142 cm³/mol. The molecular weight excluding hydrogens is 569 g/mol. The van der Waals surface area contributed by atoms with Gasteiger partial charge in [0.15, 0.2) is 5.01 Å². The van der Waals surface area contributed by atoms with E-state index in [2.05, 4.69) is 25.5 Å². The van der Waals surface area contributed by atoms with E-state index in [1.165, 1.54) is 12.1 Å². The van der Waals surface area contributed by atoms with Gasteiger partial charge in [-0.2, -0.15) is 23.0 Å². The number of carbonyl (C=O) groups is 1. The van der Waals surface area contributed by atoms with Gasteiger partial charge in [0.05, 0.1) is 22.0 Å². The maximum atomic E-state index is 13.1. The van der Waals surface area contributed by atoms with Gasteiger partial charge in [0.25, 0.3) is 5.91 Å². The number of halogens is 3. The molecule has 4 N–H and O–H groups in total. The maximum absolute atomic E-state index is 13.1. The van der Waals surface area contributed by atoms with Crippen molar-refractivity contribution < 1.29 is 26.4 Å². The van der Waals surface area contributed by atoms with Crippen molar-refractivity contribution >= 4 is 38.0 Å². The van der Waals surface area contributed by atoms with E-state index >= 15 is 0 Å². The highest BCUT2D eigenvalue weighted by Crippen LogP contribution is 2.40. The number of carbonyl (C=O) groups excluding carboxylic acids is 1. The van der Waals surface area contributed by atoms with Gasteiger partial charge >= 0.3 is 11.9 Å². The highest BCUT2D eigenvalue weighted by atomic mass is 32.2. The van der Waals surface area contributed by atoms with E-state index in [0.717, 1.165) is 37.5 Å². The van der Waals surface area contributed by atoms with Crippen molar-refractivity contribution in [3.05, 3.63) is 63.4 Å². The average Bonchev–Trinajstić information content (AvgIpc) is 3.49. The molecule has 1 fully saturated rings. The number of sulfonamides is 1. The molecule has 0 radical (unpaired) electrons. The predicted octanol–water partition coefficient (Wildman–Crippen LogP) is 3.88. The SMILES string of the molecule is CC(NS(=O)(=O)c1ccc(-c2sc(C(=O)NCc3n[nH]c(=O)[nH]3)nc2CC2CCC2)c2ccccc12)C(F)(F)F. The standard InChI is InChI=1S/C25H25F3N6O4S2/c1-13(25(26,27)28)34-40(37,38)19-10-9-17(15-7-2-3-8-16(15)19)21-18(11-14-5-4-6-14)30-23(39-21)22(35)29-12-20-31-24(36)33-32-20/h2-3,7-10,13-14,34H,4-6,11-12H2,1H3,(H,29,35)(H2,31,32,33,36). The minimum Gasteiger partial charge on any atom is -0.343 e. The van der Waals surface area contributed by atoms with Crippen LogP contribution in [0.2, 0.25) is 0 Å². The summed E-state index contributed by atoms with van der Waals surface area (Å²) in [5.74, 6) is 0.190. The van der Waals surface area contributed by atoms with Crippen LogP contribution in [-0.2, 0) is 23.0 Å². The Kier molecular flexibility index (Phi) is 7.54. The number of alkyl halides is 3. The summed E-state index contributed by atoms with van der Waals surface area (Å²) in [6, 6.07) is 7.10. The van der Waals surface area contributed by atoms with Gasteiger partial charge in [-0.05, 0) is 30.7 Å². The van der Waals surface area contributed by atoms with Gasteiger partial charge in [0.2, 0.25) is 10.0 Å². The summed E-state index contributed by atoms with van der Waals surface area (Å²) in [5.41, 5.74) is 0.822. The lowest BCUT2D eigenvalue weighted by Crippen LogP contribution is -2.43. The number of aromatic amines is 2. The fraction of sp³-hybridized carbons (Fsp3) is 0.360. The van der Waals surface area contributed by atoms with Crippen molar-refractivity contribution in [1.29, 1.82) is 0 Å². The molecule has 1 saturated carbocycles. The zero-order valence-electron chi connectivity index (χ0n) is 21.1. The van der Waals surface area contributed by atoms with Crippen molar-refractivity contribution in [3.8, 4) is 10.4 Å². The second-order valence-corrected chi connectivity index (χ2v) is 12.3. The molecule has 0 saturated heterocycles. The Hall–Kier alpha value is -3.56. The van der Waals surface area contributed by atoms with E-state index in [4.69, 9.17) is 0 Å². The fourth-order valence-electron chi connectivity index (χ4n) is 4.46. The minimum absolute atomic E-state index is 0.0245. The first kappa shape index (κ1) is 28.0. The van der Waals surface area contributed by atoms with Gasteiger partial charge in [-0.25, -0.2) is 23.3 Å². The molecule has 2 heterocycles. The molecule has 1 unspecified atom stereocenters. The molecule has 0 bridgehead atoms. The number of hydrogen-bond acceptors (Lipinski definition) is 7. The van der Waals surface area contributed by atoms with Crippen LogP contribution in [0.25, 0.3) is 21.2 Å². The molecule has 0 spiro atoms. The number of nitrogens with one attached hydrogen (secondary N) is 4. The lowest BCUT2D eigenvalue weighted by atomic mass is 9.81. The maximum Gasteiger partial charge on any atom is 0.404 e. The molecule has 4 aromatic rings. The van der Waals surface area contributed by atoms with Crippen LogP contribution in [0.5, 0.6) is 0 Å². The average molecular weight is 595 g/mol. The van der Waals surface area contributed by atoms with Crippen LogP contribution in [0, 0.1) is 5.92 Å². The molecule has 1 amide bonds. The number of hydrogen-bond donors (Lipinski definition) is 4. The van der Waals surface area contributed by atoms with Crippen LogP contribution in [0.3, 0.4) is 0 Å². The molecule has 1 atom stereocenters. The van der Waals surface area contributed by atoms with Crippen molar-refractivity contribution in [2.75, 3.05) is 0 Å². The molecule has 2 aromatic heterocycles. The van der Waals surface area contributed by atoms with Crippen LogP contribution >= 0.6 is 11.3 Å². The van der Waals surface area contributed by atoms with Gasteiger partial charge in [-0.1, -0.05) is 49.6 Å². The van der Waals surface area contributed by atoms with Crippen LogP contribution in [0.4, 0.5) is 13.2 Å². The first-order valence-corrected chi connectivity index (χ1v) is 14.7. The molecule has 2 aromatic carbocycles. The fourth-order valence-corrected chi connectivity index (χ4v) is 6.95. The van der Waals surface area contributed by atoms with Gasteiger partial charge in [0.1, 0.15) is 11.9 Å². The molecule has 1 aliphatic rings. The molecular formula is C25H25F3N6O4S2.